The fraction of sp³-hybridized carbons (Fsp3) is 0.368. The molecule has 3 rings (SSSR count). The van der Waals surface area contributed by atoms with Gasteiger partial charge >= 0.3 is 6.09 Å². The molecule has 2 aromatic rings. The summed E-state index contributed by atoms with van der Waals surface area (Å²) in [5.74, 6) is -1.63. The summed E-state index contributed by atoms with van der Waals surface area (Å²) in [5.41, 5.74) is -0.298. The summed E-state index contributed by atoms with van der Waals surface area (Å²) < 4.78 is 24.8. The second kappa shape index (κ2) is 8.61. The lowest BCUT2D eigenvalue weighted by molar-refractivity contribution is -0.0231. The first-order chi connectivity index (χ1) is 14.0. The number of rotatable bonds is 4. The summed E-state index contributed by atoms with van der Waals surface area (Å²) in [6.45, 7) is 5.76. The van der Waals surface area contributed by atoms with Crippen molar-refractivity contribution in [2.24, 2.45) is 0 Å². The van der Waals surface area contributed by atoms with Gasteiger partial charge in [-0.25, -0.2) is 9.78 Å². The molecule has 11 heteroatoms. The van der Waals surface area contributed by atoms with E-state index in [4.69, 9.17) is 32.7 Å². The largest absolute Gasteiger partial charge is 0.469 e. The number of carbonyl (C=O) groups excluding carboxylic acids is 2. The lowest BCUT2D eigenvalue weighted by Crippen LogP contribution is -2.57. The molecule has 2 amide bonds. The highest BCUT2D eigenvalue weighted by Crippen LogP contribution is 2.30. The first-order valence-corrected chi connectivity index (χ1v) is 9.71. The van der Waals surface area contributed by atoms with Crippen LogP contribution in [0.25, 0.3) is 0 Å². The Balaban J connectivity index is 1.69. The summed E-state index contributed by atoms with van der Waals surface area (Å²) >= 11 is 11.6. The molecule has 2 aromatic heterocycles. The highest BCUT2D eigenvalue weighted by Gasteiger charge is 2.36. The van der Waals surface area contributed by atoms with Crippen molar-refractivity contribution in [2.45, 2.75) is 32.5 Å². The minimum Gasteiger partial charge on any atom is -0.469 e. The van der Waals surface area contributed by atoms with Crippen molar-refractivity contribution in [1.82, 2.24) is 14.9 Å². The number of ether oxygens (including phenoxy) is 2. The third-order valence-electron chi connectivity index (χ3n) is 3.91. The van der Waals surface area contributed by atoms with Gasteiger partial charge in [0, 0.05) is 11.8 Å². The zero-order chi connectivity index (χ0) is 22.1. The fourth-order valence-corrected chi connectivity index (χ4v) is 2.84. The summed E-state index contributed by atoms with van der Waals surface area (Å²) in [7, 11) is 0. The van der Waals surface area contributed by atoms with Gasteiger partial charge in [-0.2, -0.15) is 9.37 Å². The highest BCUT2D eigenvalue weighted by molar-refractivity contribution is 6.31. The Hall–Kier alpha value is -2.65. The Labute approximate surface area is 182 Å². The lowest BCUT2D eigenvalue weighted by atomic mass is 10.1. The van der Waals surface area contributed by atoms with Crippen LogP contribution in [-0.2, 0) is 4.74 Å². The molecule has 3 heterocycles. The molecule has 160 valence electrons. The van der Waals surface area contributed by atoms with E-state index in [9.17, 15) is 14.0 Å². The number of nitrogens with zero attached hydrogens (tertiary/aromatic N) is 3. The summed E-state index contributed by atoms with van der Waals surface area (Å²) in [4.78, 5) is 33.4. The van der Waals surface area contributed by atoms with Crippen LogP contribution in [0.2, 0.25) is 10.2 Å². The number of nitrogens with one attached hydrogen (secondary N) is 1. The van der Waals surface area contributed by atoms with Gasteiger partial charge in [-0.15, -0.1) is 0 Å². The average Bonchev–Trinajstić information content (AvgIpc) is 2.59. The van der Waals surface area contributed by atoms with E-state index in [1.54, 1.807) is 20.8 Å². The van der Waals surface area contributed by atoms with Crippen LogP contribution in [0.4, 0.5) is 14.9 Å². The van der Waals surface area contributed by atoms with E-state index in [0.29, 0.717) is 0 Å². The van der Waals surface area contributed by atoms with Gasteiger partial charge in [-0.05, 0) is 39.0 Å². The van der Waals surface area contributed by atoms with E-state index in [-0.39, 0.29) is 40.4 Å². The van der Waals surface area contributed by atoms with Crippen LogP contribution < -0.4 is 10.1 Å². The van der Waals surface area contributed by atoms with Gasteiger partial charge in [-0.3, -0.25) is 4.79 Å². The maximum atomic E-state index is 13.9. The number of aromatic nitrogens is 2. The smallest absolute Gasteiger partial charge is 0.410 e. The molecule has 1 saturated heterocycles. The SMILES string of the molecule is CC(C)(C)OC(=O)N1CC(Oc2nc(F)c(Cl)cc2NC(=O)c2ccnc(Cl)c2)C1. The van der Waals surface area contributed by atoms with E-state index in [1.807, 2.05) is 0 Å². The number of carbonyl (C=O) groups is 2. The van der Waals surface area contributed by atoms with Gasteiger partial charge in [0.05, 0.1) is 18.1 Å². The van der Waals surface area contributed by atoms with Gasteiger partial charge in [0.1, 0.15) is 22.5 Å². The molecule has 0 spiro atoms. The molecule has 1 aliphatic heterocycles. The van der Waals surface area contributed by atoms with Crippen LogP contribution in [0.3, 0.4) is 0 Å². The van der Waals surface area contributed by atoms with Gasteiger partial charge in [-0.1, -0.05) is 23.2 Å². The molecular formula is C19H19Cl2FN4O4. The van der Waals surface area contributed by atoms with Crippen LogP contribution in [0.1, 0.15) is 31.1 Å². The second-order valence-electron chi connectivity index (χ2n) is 7.56. The Bertz CT molecular complexity index is 977. The third kappa shape index (κ3) is 5.48. The summed E-state index contributed by atoms with van der Waals surface area (Å²) in [5, 5.41) is 2.43. The molecular weight excluding hydrogens is 438 g/mol. The van der Waals surface area contributed by atoms with Gasteiger partial charge in [0.15, 0.2) is 0 Å². The predicted molar refractivity (Wildman–Crippen MR) is 109 cm³/mol. The second-order valence-corrected chi connectivity index (χ2v) is 8.35. The maximum Gasteiger partial charge on any atom is 0.410 e. The van der Waals surface area contributed by atoms with Crippen LogP contribution in [0.15, 0.2) is 24.4 Å². The predicted octanol–water partition coefficient (Wildman–Crippen LogP) is 4.17. The standard InChI is InChI=1S/C19H19Cl2FN4O4/c1-19(2,3)30-18(28)26-8-11(9-26)29-17-13(7-12(20)15(22)25-17)24-16(27)10-4-5-23-14(21)6-10/h4-7,11H,8-9H2,1-3H3,(H,24,27). The minimum atomic E-state index is -0.944. The number of halogens is 3. The van der Waals surface area contributed by atoms with Crippen molar-refractivity contribution in [3.8, 4) is 5.88 Å². The number of hydrogen-bond donors (Lipinski definition) is 1. The molecule has 0 atom stereocenters. The Morgan fingerprint density at radius 1 is 1.27 bits per heavy atom. The zero-order valence-electron chi connectivity index (χ0n) is 16.4. The monoisotopic (exact) mass is 456 g/mol. The molecule has 0 unspecified atom stereocenters. The van der Waals surface area contributed by atoms with Crippen molar-refractivity contribution in [3.05, 3.63) is 46.1 Å². The number of amides is 2. The number of anilines is 1. The Morgan fingerprint density at radius 2 is 1.97 bits per heavy atom. The van der Waals surface area contributed by atoms with Crippen LogP contribution >= 0.6 is 23.2 Å². The molecule has 0 aliphatic carbocycles. The van der Waals surface area contributed by atoms with Crippen LogP contribution in [-0.4, -0.2) is 51.7 Å². The number of hydrogen-bond acceptors (Lipinski definition) is 6. The highest BCUT2D eigenvalue weighted by atomic mass is 35.5. The molecule has 0 aromatic carbocycles. The molecule has 0 radical (unpaired) electrons. The van der Waals surface area contributed by atoms with E-state index in [0.717, 1.165) is 0 Å². The summed E-state index contributed by atoms with van der Waals surface area (Å²) in [6.07, 6.45) is 0.460. The normalized spacial score (nSPS) is 14.1. The molecule has 30 heavy (non-hydrogen) atoms. The van der Waals surface area contributed by atoms with Gasteiger partial charge in [0.25, 0.3) is 5.91 Å². The first kappa shape index (κ1) is 22.0. The molecule has 1 N–H and O–H groups in total. The fourth-order valence-electron chi connectivity index (χ4n) is 2.51. The van der Waals surface area contributed by atoms with Crippen LogP contribution in [0.5, 0.6) is 5.88 Å². The van der Waals surface area contributed by atoms with Crippen molar-refractivity contribution < 1.29 is 23.5 Å². The molecule has 1 fully saturated rings. The molecule has 8 nitrogen and oxygen atoms in total. The topological polar surface area (TPSA) is 93.6 Å². The maximum absolute atomic E-state index is 13.9. The minimum absolute atomic E-state index is 0.0788. The summed E-state index contributed by atoms with van der Waals surface area (Å²) in [6, 6.07) is 4.04. The quantitative estimate of drug-likeness (QED) is 0.693. The van der Waals surface area contributed by atoms with E-state index < -0.39 is 29.7 Å². The first-order valence-electron chi connectivity index (χ1n) is 8.95. The Morgan fingerprint density at radius 3 is 2.60 bits per heavy atom. The average molecular weight is 457 g/mol. The van der Waals surface area contributed by atoms with Crippen molar-refractivity contribution in [1.29, 1.82) is 0 Å². The van der Waals surface area contributed by atoms with Crippen molar-refractivity contribution in [2.75, 3.05) is 18.4 Å². The van der Waals surface area contributed by atoms with Crippen molar-refractivity contribution in [3.63, 3.8) is 0 Å². The van der Waals surface area contributed by atoms with Crippen molar-refractivity contribution >= 4 is 40.9 Å². The molecule has 0 bridgehead atoms. The molecule has 0 saturated carbocycles. The zero-order valence-corrected chi connectivity index (χ0v) is 17.9. The lowest BCUT2D eigenvalue weighted by Gasteiger charge is -2.39. The number of likely N-dealkylation sites (tertiary alicyclic amines) is 1. The van der Waals surface area contributed by atoms with Gasteiger partial charge in [0.2, 0.25) is 11.8 Å². The number of pyridine rings is 2. The van der Waals surface area contributed by atoms with E-state index in [1.165, 1.54) is 29.3 Å². The van der Waals surface area contributed by atoms with Gasteiger partial charge < -0.3 is 19.7 Å². The van der Waals surface area contributed by atoms with Crippen LogP contribution in [0, 0.1) is 5.95 Å². The van der Waals surface area contributed by atoms with E-state index in [2.05, 4.69) is 15.3 Å². The molecule has 1 aliphatic rings. The Kier molecular flexibility index (Phi) is 6.33. The van der Waals surface area contributed by atoms with E-state index >= 15 is 0 Å². The third-order valence-corrected chi connectivity index (χ3v) is 4.38.